The van der Waals surface area contributed by atoms with Crippen LogP contribution >= 0.6 is 0 Å². The first kappa shape index (κ1) is 18.4. The zero-order valence-corrected chi connectivity index (χ0v) is 14.8. The maximum Gasteiger partial charge on any atom is 0.248 e. The molecule has 0 bridgehead atoms. The monoisotopic (exact) mass is 348 g/mol. The summed E-state index contributed by atoms with van der Waals surface area (Å²) in [5.74, 6) is -0.294. The molecule has 1 aromatic carbocycles. The summed E-state index contributed by atoms with van der Waals surface area (Å²) >= 11 is 0. The molecule has 1 aliphatic heterocycles. The van der Waals surface area contributed by atoms with Gasteiger partial charge < -0.3 is 5.32 Å². The maximum absolute atomic E-state index is 12.8. The Morgan fingerprint density at radius 1 is 1.12 bits per heavy atom. The molecular formula is C18H24N2O3S. The number of allylic oxidation sites excluding steroid dienone is 3. The van der Waals surface area contributed by atoms with Crippen LogP contribution in [0.4, 0.5) is 5.69 Å². The van der Waals surface area contributed by atoms with E-state index in [1.54, 1.807) is 34.7 Å². The molecule has 1 N–H and O–H groups in total. The van der Waals surface area contributed by atoms with Gasteiger partial charge in [0, 0.05) is 24.9 Å². The second-order valence-corrected chi connectivity index (χ2v) is 7.66. The Bertz CT molecular complexity index is 716. The Balaban J connectivity index is 2.15. The van der Waals surface area contributed by atoms with Gasteiger partial charge in [0.1, 0.15) is 0 Å². The van der Waals surface area contributed by atoms with Crippen molar-refractivity contribution in [1.29, 1.82) is 0 Å². The summed E-state index contributed by atoms with van der Waals surface area (Å²) in [7, 11) is -3.51. The molecule has 130 valence electrons. The van der Waals surface area contributed by atoms with E-state index in [-0.39, 0.29) is 10.8 Å². The van der Waals surface area contributed by atoms with Gasteiger partial charge in [0.2, 0.25) is 15.9 Å². The molecule has 0 aliphatic carbocycles. The van der Waals surface area contributed by atoms with Gasteiger partial charge in [-0.1, -0.05) is 37.1 Å². The highest BCUT2D eigenvalue weighted by Gasteiger charge is 2.25. The van der Waals surface area contributed by atoms with Crippen molar-refractivity contribution in [1.82, 2.24) is 4.31 Å². The largest absolute Gasteiger partial charge is 0.322 e. The minimum Gasteiger partial charge on any atom is -0.322 e. The van der Waals surface area contributed by atoms with Crippen LogP contribution in [-0.4, -0.2) is 31.7 Å². The minimum atomic E-state index is -3.51. The molecule has 0 aromatic heterocycles. The quantitative estimate of drug-likeness (QED) is 0.656. The number of anilines is 1. The topological polar surface area (TPSA) is 66.5 Å². The zero-order valence-electron chi connectivity index (χ0n) is 13.9. The number of nitrogens with one attached hydrogen (secondary N) is 1. The van der Waals surface area contributed by atoms with E-state index < -0.39 is 10.0 Å². The van der Waals surface area contributed by atoms with Gasteiger partial charge in [0.05, 0.1) is 4.90 Å². The fraction of sp³-hybridized carbons (Fsp3) is 0.389. The van der Waals surface area contributed by atoms with E-state index in [4.69, 9.17) is 0 Å². The number of benzene rings is 1. The molecule has 0 radical (unpaired) electrons. The first-order valence-electron chi connectivity index (χ1n) is 8.24. The van der Waals surface area contributed by atoms with Crippen molar-refractivity contribution in [3.63, 3.8) is 0 Å². The number of carbonyl (C=O) groups is 1. The van der Waals surface area contributed by atoms with E-state index >= 15 is 0 Å². The Hall–Kier alpha value is -1.92. The van der Waals surface area contributed by atoms with Crippen LogP contribution in [0.15, 0.2) is 53.5 Å². The van der Waals surface area contributed by atoms with Crippen LogP contribution in [0.5, 0.6) is 0 Å². The van der Waals surface area contributed by atoms with E-state index in [0.29, 0.717) is 18.8 Å². The van der Waals surface area contributed by atoms with Crippen LogP contribution in [-0.2, 0) is 14.8 Å². The van der Waals surface area contributed by atoms with Gasteiger partial charge in [-0.25, -0.2) is 8.42 Å². The highest BCUT2D eigenvalue weighted by molar-refractivity contribution is 7.89. The van der Waals surface area contributed by atoms with Crippen molar-refractivity contribution in [2.45, 2.75) is 37.5 Å². The lowest BCUT2D eigenvalue weighted by atomic mass is 10.2. The summed E-state index contributed by atoms with van der Waals surface area (Å²) in [5, 5.41) is 2.69. The van der Waals surface area contributed by atoms with E-state index in [9.17, 15) is 13.2 Å². The smallest absolute Gasteiger partial charge is 0.248 e. The number of sulfonamides is 1. The molecule has 0 unspecified atom stereocenters. The molecule has 6 heteroatoms. The van der Waals surface area contributed by atoms with Crippen molar-refractivity contribution in [3.05, 3.63) is 48.6 Å². The molecule has 0 saturated carbocycles. The van der Waals surface area contributed by atoms with Gasteiger partial charge in [-0.15, -0.1) is 0 Å². The molecule has 1 aliphatic rings. The first-order chi connectivity index (χ1) is 11.5. The molecule has 0 atom stereocenters. The first-order valence-corrected chi connectivity index (χ1v) is 9.68. The highest BCUT2D eigenvalue weighted by Crippen LogP contribution is 2.22. The van der Waals surface area contributed by atoms with Gasteiger partial charge in [-0.2, -0.15) is 4.31 Å². The predicted octanol–water partition coefficient (Wildman–Crippen LogP) is 3.32. The third-order valence-electron chi connectivity index (χ3n) is 3.86. The molecule has 1 amide bonds. The average Bonchev–Trinajstić information content (AvgIpc) is 2.85. The zero-order chi connectivity index (χ0) is 17.4. The minimum absolute atomic E-state index is 0.222. The SMILES string of the molecule is CC=CC=CC(=O)Nc1cccc(S(=O)(=O)N2CCCCCC2)c1. The number of carbonyl (C=O) groups excluding carboxylic acids is 1. The predicted molar refractivity (Wildman–Crippen MR) is 96.3 cm³/mol. The van der Waals surface area contributed by atoms with Crippen molar-refractivity contribution < 1.29 is 13.2 Å². The molecule has 1 saturated heterocycles. The Kier molecular flexibility index (Phi) is 6.75. The van der Waals surface area contributed by atoms with Crippen molar-refractivity contribution in [2.75, 3.05) is 18.4 Å². The van der Waals surface area contributed by atoms with E-state index in [2.05, 4.69) is 5.32 Å². The van der Waals surface area contributed by atoms with Gasteiger partial charge >= 0.3 is 0 Å². The molecular weight excluding hydrogens is 324 g/mol. The van der Waals surface area contributed by atoms with Crippen LogP contribution in [0.1, 0.15) is 32.6 Å². The number of hydrogen-bond donors (Lipinski definition) is 1. The lowest BCUT2D eigenvalue weighted by Gasteiger charge is -2.20. The Morgan fingerprint density at radius 3 is 2.50 bits per heavy atom. The molecule has 0 spiro atoms. The molecule has 1 heterocycles. The van der Waals surface area contributed by atoms with Gasteiger partial charge in [0.15, 0.2) is 0 Å². The van der Waals surface area contributed by atoms with Crippen molar-refractivity contribution in [3.8, 4) is 0 Å². The number of rotatable bonds is 5. The Labute approximate surface area is 144 Å². The standard InChI is InChI=1S/C18H24N2O3S/c1-2-3-6-12-18(21)19-16-10-9-11-17(15-16)24(22,23)20-13-7-4-5-8-14-20/h2-3,6,9-12,15H,4-5,7-8,13-14H2,1H3,(H,19,21). The second-order valence-electron chi connectivity index (χ2n) is 5.72. The molecule has 5 nitrogen and oxygen atoms in total. The highest BCUT2D eigenvalue weighted by atomic mass is 32.2. The normalized spacial score (nSPS) is 17.2. The number of nitrogens with zero attached hydrogens (tertiary/aromatic N) is 1. The fourth-order valence-electron chi connectivity index (χ4n) is 2.60. The number of hydrogen-bond acceptors (Lipinski definition) is 3. The summed E-state index contributed by atoms with van der Waals surface area (Å²) in [4.78, 5) is 12.0. The van der Waals surface area contributed by atoms with E-state index in [1.165, 1.54) is 12.1 Å². The van der Waals surface area contributed by atoms with Crippen LogP contribution in [0.2, 0.25) is 0 Å². The van der Waals surface area contributed by atoms with Gasteiger partial charge in [-0.3, -0.25) is 4.79 Å². The number of amides is 1. The lowest BCUT2D eigenvalue weighted by molar-refractivity contribution is -0.111. The van der Waals surface area contributed by atoms with Crippen LogP contribution < -0.4 is 5.32 Å². The van der Waals surface area contributed by atoms with Gasteiger partial charge in [-0.05, 0) is 38.0 Å². The van der Waals surface area contributed by atoms with Crippen LogP contribution in [0, 0.1) is 0 Å². The fourth-order valence-corrected chi connectivity index (χ4v) is 4.17. The van der Waals surface area contributed by atoms with Crippen LogP contribution in [0.3, 0.4) is 0 Å². The van der Waals surface area contributed by atoms with Crippen molar-refractivity contribution >= 4 is 21.6 Å². The average molecular weight is 348 g/mol. The van der Waals surface area contributed by atoms with E-state index in [1.807, 2.05) is 13.0 Å². The second kappa shape index (κ2) is 8.80. The summed E-state index contributed by atoms with van der Waals surface area (Å²) in [5.41, 5.74) is 0.473. The van der Waals surface area contributed by atoms with Crippen molar-refractivity contribution in [2.24, 2.45) is 0 Å². The van der Waals surface area contributed by atoms with Crippen LogP contribution in [0.25, 0.3) is 0 Å². The molecule has 1 fully saturated rings. The maximum atomic E-state index is 12.8. The van der Waals surface area contributed by atoms with E-state index in [0.717, 1.165) is 25.7 Å². The summed E-state index contributed by atoms with van der Waals surface area (Å²) in [6.45, 7) is 2.98. The molecule has 1 aromatic rings. The third kappa shape index (κ3) is 5.04. The lowest BCUT2D eigenvalue weighted by Crippen LogP contribution is -2.32. The molecule has 2 rings (SSSR count). The molecule has 24 heavy (non-hydrogen) atoms. The third-order valence-corrected chi connectivity index (χ3v) is 5.75. The summed E-state index contributed by atoms with van der Waals surface area (Å²) in [6, 6.07) is 6.42. The van der Waals surface area contributed by atoms with Gasteiger partial charge in [0.25, 0.3) is 0 Å². The summed E-state index contributed by atoms with van der Waals surface area (Å²) < 4.78 is 27.1. The summed E-state index contributed by atoms with van der Waals surface area (Å²) in [6.07, 6.45) is 10.5. The Morgan fingerprint density at radius 2 is 1.83 bits per heavy atom.